The van der Waals surface area contributed by atoms with E-state index in [1.165, 1.54) is 11.8 Å². The van der Waals surface area contributed by atoms with Crippen molar-refractivity contribution in [1.29, 1.82) is 0 Å². The summed E-state index contributed by atoms with van der Waals surface area (Å²) in [6.45, 7) is 4.07. The van der Waals surface area contributed by atoms with Gasteiger partial charge in [0.15, 0.2) is 6.04 Å². The van der Waals surface area contributed by atoms with Gasteiger partial charge in [0.1, 0.15) is 18.3 Å². The van der Waals surface area contributed by atoms with Gasteiger partial charge in [-0.05, 0) is 17.0 Å². The van der Waals surface area contributed by atoms with Crippen LogP contribution in [0.3, 0.4) is 0 Å². The molecule has 2 aromatic carbocycles. The fourth-order valence-corrected chi connectivity index (χ4v) is 3.74. The van der Waals surface area contributed by atoms with E-state index in [2.05, 4.69) is 20.9 Å². The molecule has 0 saturated heterocycles. The van der Waals surface area contributed by atoms with Crippen LogP contribution >= 0.6 is 0 Å². The Bertz CT molecular complexity index is 1150. The Morgan fingerprint density at radius 2 is 1.65 bits per heavy atom. The Morgan fingerprint density at radius 3 is 2.27 bits per heavy atom. The molecule has 0 aliphatic heterocycles. The van der Waals surface area contributed by atoms with Crippen molar-refractivity contribution >= 4 is 18.0 Å². The van der Waals surface area contributed by atoms with Gasteiger partial charge in [0.25, 0.3) is 0 Å². The van der Waals surface area contributed by atoms with Crippen molar-refractivity contribution in [2.45, 2.75) is 51.9 Å². The number of amides is 2. The summed E-state index contributed by atoms with van der Waals surface area (Å²) >= 11 is 0. The van der Waals surface area contributed by atoms with Gasteiger partial charge in [-0.2, -0.15) is 0 Å². The Morgan fingerprint density at radius 1 is 1.00 bits per heavy atom. The number of rotatable bonds is 12. The molecule has 1 heterocycles. The molecule has 0 fully saturated rings. The predicted octanol–water partition coefficient (Wildman–Crippen LogP) is 3.19. The molecule has 3 aromatic rings. The summed E-state index contributed by atoms with van der Waals surface area (Å²) < 4.78 is 11.7. The number of carbonyl (C=O) groups is 3. The van der Waals surface area contributed by atoms with Crippen LogP contribution in [0.2, 0.25) is 0 Å². The molecular formula is C27H33N5O5. The molecule has 0 bridgehead atoms. The average Bonchev–Trinajstić information content (AvgIpc) is 3.39. The first kappa shape index (κ1) is 27.4. The molecule has 0 unspecified atom stereocenters. The number of methoxy groups -OCH3 is 1. The first-order chi connectivity index (χ1) is 17.9. The number of esters is 1. The Hall–Kier alpha value is -4.21. The average molecular weight is 508 g/mol. The van der Waals surface area contributed by atoms with Gasteiger partial charge in [-0.25, -0.2) is 14.3 Å². The number of benzene rings is 2. The van der Waals surface area contributed by atoms with E-state index in [4.69, 9.17) is 9.47 Å². The molecule has 10 nitrogen and oxygen atoms in total. The molecule has 37 heavy (non-hydrogen) atoms. The molecule has 0 spiro atoms. The fraction of sp³-hybridized carbons (Fsp3) is 0.370. The summed E-state index contributed by atoms with van der Waals surface area (Å²) in [7, 11) is 1.33. The third-order valence-corrected chi connectivity index (χ3v) is 6.02. The zero-order chi connectivity index (χ0) is 26.6. The zero-order valence-corrected chi connectivity index (χ0v) is 21.3. The molecule has 10 heteroatoms. The summed E-state index contributed by atoms with van der Waals surface area (Å²) in [6, 6.07) is 17.2. The predicted molar refractivity (Wildman–Crippen MR) is 136 cm³/mol. The number of hydrogen-bond acceptors (Lipinski definition) is 7. The van der Waals surface area contributed by atoms with Crippen LogP contribution in [0.25, 0.3) is 0 Å². The topological polar surface area (TPSA) is 124 Å². The minimum absolute atomic E-state index is 0.0158. The van der Waals surface area contributed by atoms with Crippen LogP contribution in [-0.2, 0) is 38.6 Å². The van der Waals surface area contributed by atoms with Crippen LogP contribution in [0.4, 0.5) is 4.79 Å². The van der Waals surface area contributed by atoms with Crippen LogP contribution in [0.1, 0.15) is 43.1 Å². The smallest absolute Gasteiger partial charge is 0.408 e. The van der Waals surface area contributed by atoms with Crippen molar-refractivity contribution < 1.29 is 23.9 Å². The van der Waals surface area contributed by atoms with E-state index in [1.807, 2.05) is 74.5 Å². The van der Waals surface area contributed by atoms with E-state index >= 15 is 0 Å². The van der Waals surface area contributed by atoms with Gasteiger partial charge >= 0.3 is 12.1 Å². The molecular weight excluding hydrogens is 474 g/mol. The van der Waals surface area contributed by atoms with Gasteiger partial charge in [0, 0.05) is 6.42 Å². The molecule has 0 aliphatic rings. The number of nitrogens with one attached hydrogen (secondary N) is 2. The highest BCUT2D eigenvalue weighted by Gasteiger charge is 2.28. The normalized spacial score (nSPS) is 13.2. The van der Waals surface area contributed by atoms with E-state index < -0.39 is 30.1 Å². The van der Waals surface area contributed by atoms with Crippen LogP contribution in [0.15, 0.2) is 66.9 Å². The van der Waals surface area contributed by atoms with E-state index in [1.54, 1.807) is 6.20 Å². The molecule has 1 aromatic heterocycles. The lowest BCUT2D eigenvalue weighted by Crippen LogP contribution is -2.48. The first-order valence-corrected chi connectivity index (χ1v) is 12.2. The van der Waals surface area contributed by atoms with Crippen molar-refractivity contribution in [3.8, 4) is 0 Å². The van der Waals surface area contributed by atoms with Gasteiger partial charge in [0.05, 0.1) is 19.9 Å². The van der Waals surface area contributed by atoms with Crippen LogP contribution in [0.5, 0.6) is 0 Å². The third kappa shape index (κ3) is 8.16. The standard InChI is InChI=1S/C27H33N5O5/c1-4-19(2)24(26(34)36-3)32-17-22(30-31-32)16-28-25(33)23(15-20-11-7-5-8-12-20)29-27(35)37-18-21-13-9-6-10-14-21/h5-14,17,19,23-24H,4,15-16,18H2,1-3H3,(H,28,33)(H,29,35)/t19-,23+,24-/m0/s1. The van der Waals surface area contributed by atoms with E-state index in [0.29, 0.717) is 5.69 Å². The van der Waals surface area contributed by atoms with Gasteiger partial charge in [-0.15, -0.1) is 5.10 Å². The second kappa shape index (κ2) is 13.8. The highest BCUT2D eigenvalue weighted by atomic mass is 16.5. The van der Waals surface area contributed by atoms with Gasteiger partial charge in [0.2, 0.25) is 5.91 Å². The maximum Gasteiger partial charge on any atom is 0.408 e. The zero-order valence-electron chi connectivity index (χ0n) is 21.3. The summed E-state index contributed by atoms with van der Waals surface area (Å²) in [5, 5.41) is 13.6. The number of ether oxygens (including phenoxy) is 2. The van der Waals surface area contributed by atoms with Crippen molar-refractivity contribution in [2.24, 2.45) is 5.92 Å². The summed E-state index contributed by atoms with van der Waals surface area (Å²) in [4.78, 5) is 37.8. The molecule has 196 valence electrons. The lowest BCUT2D eigenvalue weighted by atomic mass is 9.99. The second-order valence-corrected chi connectivity index (χ2v) is 8.71. The second-order valence-electron chi connectivity index (χ2n) is 8.71. The summed E-state index contributed by atoms with van der Waals surface area (Å²) in [5.74, 6) is -0.824. The molecule has 2 amide bonds. The SMILES string of the molecule is CC[C@H](C)[C@@H](C(=O)OC)n1cc(CNC(=O)[C@@H](Cc2ccccc2)NC(=O)OCc2ccccc2)nn1. The molecule has 0 saturated carbocycles. The lowest BCUT2D eigenvalue weighted by Gasteiger charge is -2.20. The van der Waals surface area contributed by atoms with E-state index in [0.717, 1.165) is 17.5 Å². The van der Waals surface area contributed by atoms with Crippen LogP contribution < -0.4 is 10.6 Å². The van der Waals surface area contributed by atoms with Crippen molar-refractivity contribution in [2.75, 3.05) is 7.11 Å². The number of hydrogen-bond donors (Lipinski definition) is 2. The number of aromatic nitrogens is 3. The minimum Gasteiger partial charge on any atom is -0.467 e. The minimum atomic E-state index is -0.872. The molecule has 3 atom stereocenters. The van der Waals surface area contributed by atoms with E-state index in [9.17, 15) is 14.4 Å². The lowest BCUT2D eigenvalue weighted by molar-refractivity contribution is -0.146. The Kier molecular flexibility index (Phi) is 10.2. The maximum atomic E-state index is 13.1. The Labute approximate surface area is 216 Å². The molecule has 3 rings (SSSR count). The van der Waals surface area contributed by atoms with Gasteiger partial charge < -0.3 is 20.1 Å². The van der Waals surface area contributed by atoms with Gasteiger partial charge in [-0.1, -0.05) is 86.1 Å². The molecule has 2 N–H and O–H groups in total. The van der Waals surface area contributed by atoms with Crippen LogP contribution in [0, 0.1) is 5.92 Å². The number of alkyl carbamates (subject to hydrolysis) is 1. The highest BCUT2D eigenvalue weighted by molar-refractivity contribution is 5.85. The summed E-state index contributed by atoms with van der Waals surface area (Å²) in [6.07, 6.45) is 1.94. The largest absolute Gasteiger partial charge is 0.467 e. The Balaban J connectivity index is 1.64. The number of carbonyl (C=O) groups excluding carboxylic acids is 3. The summed E-state index contributed by atoms with van der Waals surface area (Å²) in [5.41, 5.74) is 2.19. The third-order valence-electron chi connectivity index (χ3n) is 6.02. The van der Waals surface area contributed by atoms with Crippen LogP contribution in [-0.4, -0.2) is 46.1 Å². The maximum absolute atomic E-state index is 13.1. The van der Waals surface area contributed by atoms with Crippen molar-refractivity contribution in [3.63, 3.8) is 0 Å². The van der Waals surface area contributed by atoms with Crippen molar-refractivity contribution in [3.05, 3.63) is 83.7 Å². The monoisotopic (exact) mass is 507 g/mol. The quantitative estimate of drug-likeness (QED) is 0.361. The van der Waals surface area contributed by atoms with Crippen molar-refractivity contribution in [1.82, 2.24) is 25.6 Å². The molecule has 0 radical (unpaired) electrons. The van der Waals surface area contributed by atoms with Gasteiger partial charge in [-0.3, -0.25) is 4.79 Å². The number of nitrogens with zero attached hydrogens (tertiary/aromatic N) is 3. The molecule has 0 aliphatic carbocycles. The highest BCUT2D eigenvalue weighted by Crippen LogP contribution is 2.21. The van der Waals surface area contributed by atoms with E-state index in [-0.39, 0.29) is 25.5 Å². The fourth-order valence-electron chi connectivity index (χ4n) is 3.74. The first-order valence-electron chi connectivity index (χ1n) is 12.2.